The zero-order chi connectivity index (χ0) is 18.5. The zero-order valence-electron chi connectivity index (χ0n) is 15.0. The molecular weight excluding hydrogens is 329 g/mol. The number of unbranched alkanes of at least 4 members (excludes halogenated alkanes) is 1. The van der Waals surface area contributed by atoms with Crippen LogP contribution >= 0.6 is 0 Å². The Morgan fingerprint density at radius 1 is 1.08 bits per heavy atom. The van der Waals surface area contributed by atoms with Crippen LogP contribution in [-0.4, -0.2) is 5.91 Å². The second-order valence-electron chi connectivity index (χ2n) is 6.34. The van der Waals surface area contributed by atoms with Gasteiger partial charge in [-0.05, 0) is 67.8 Å². The van der Waals surface area contributed by atoms with E-state index in [9.17, 15) is 9.18 Å². The lowest BCUT2D eigenvalue weighted by Crippen LogP contribution is -2.12. The summed E-state index contributed by atoms with van der Waals surface area (Å²) in [4.78, 5) is 12.6. The van der Waals surface area contributed by atoms with Gasteiger partial charge in [-0.15, -0.1) is 0 Å². The number of anilines is 1. The maximum absolute atomic E-state index is 13.1. The smallest absolute Gasteiger partial charge is 0.259 e. The number of nitrogens with one attached hydrogen (secondary N) is 1. The van der Waals surface area contributed by atoms with E-state index in [2.05, 4.69) is 12.2 Å². The minimum atomic E-state index is -0.308. The monoisotopic (exact) mass is 351 g/mol. The lowest BCUT2D eigenvalue weighted by Gasteiger charge is -2.06. The molecule has 0 saturated carbocycles. The second-order valence-corrected chi connectivity index (χ2v) is 6.34. The van der Waals surface area contributed by atoms with Gasteiger partial charge in [-0.1, -0.05) is 25.5 Å². The van der Waals surface area contributed by atoms with Crippen molar-refractivity contribution in [2.75, 3.05) is 5.32 Å². The highest BCUT2D eigenvalue weighted by atomic mass is 19.1. The number of aryl methyl sites for hydroxylation is 2. The molecule has 1 N–H and O–H groups in total. The van der Waals surface area contributed by atoms with Crippen molar-refractivity contribution in [3.05, 3.63) is 77.3 Å². The van der Waals surface area contributed by atoms with E-state index in [-0.39, 0.29) is 11.7 Å². The molecule has 0 unspecified atom stereocenters. The van der Waals surface area contributed by atoms with Crippen LogP contribution in [0.5, 0.6) is 0 Å². The average Bonchev–Trinajstić information content (AvgIpc) is 3.03. The van der Waals surface area contributed by atoms with Crippen molar-refractivity contribution in [2.45, 2.75) is 33.1 Å². The maximum Gasteiger partial charge on any atom is 0.259 e. The molecule has 1 amide bonds. The highest BCUT2D eigenvalue weighted by molar-refractivity contribution is 6.05. The Balaban J connectivity index is 1.72. The summed E-state index contributed by atoms with van der Waals surface area (Å²) in [6.45, 7) is 3.91. The number of hydrogen-bond acceptors (Lipinski definition) is 2. The predicted octanol–water partition coefficient (Wildman–Crippen LogP) is 5.99. The van der Waals surface area contributed by atoms with Gasteiger partial charge in [0.1, 0.15) is 17.3 Å². The number of hydrogen-bond donors (Lipinski definition) is 1. The molecule has 1 aromatic heterocycles. The Hall–Kier alpha value is -2.88. The fourth-order valence-corrected chi connectivity index (χ4v) is 2.80. The summed E-state index contributed by atoms with van der Waals surface area (Å²) in [6, 6.07) is 15.6. The Morgan fingerprint density at radius 3 is 2.42 bits per heavy atom. The quantitative estimate of drug-likeness (QED) is 0.593. The summed E-state index contributed by atoms with van der Waals surface area (Å²) >= 11 is 0. The van der Waals surface area contributed by atoms with Crippen LogP contribution in [0.2, 0.25) is 0 Å². The summed E-state index contributed by atoms with van der Waals surface area (Å²) in [5, 5.41) is 2.90. The molecule has 0 radical (unpaired) electrons. The number of carbonyl (C=O) groups is 1. The van der Waals surface area contributed by atoms with Crippen LogP contribution in [0.3, 0.4) is 0 Å². The fraction of sp³-hybridized carbons (Fsp3) is 0.227. The molecule has 1 heterocycles. The summed E-state index contributed by atoms with van der Waals surface area (Å²) in [5.74, 6) is 0.544. The number of benzene rings is 2. The first kappa shape index (κ1) is 17.9. The standard InChI is InChI=1S/C22H22FNO2/c1-3-4-5-16-6-12-19(13-7-16)24-22(25)20-14-21(26-15(20)2)17-8-10-18(23)11-9-17/h6-14H,3-5H2,1-2H3,(H,24,25). The predicted molar refractivity (Wildman–Crippen MR) is 102 cm³/mol. The van der Waals surface area contributed by atoms with Crippen molar-refractivity contribution in [3.8, 4) is 11.3 Å². The first-order chi connectivity index (χ1) is 12.6. The lowest BCUT2D eigenvalue weighted by atomic mass is 10.1. The molecule has 0 aliphatic rings. The average molecular weight is 351 g/mol. The van der Waals surface area contributed by atoms with Crippen LogP contribution in [0.15, 0.2) is 59.0 Å². The molecule has 3 nitrogen and oxygen atoms in total. The van der Waals surface area contributed by atoms with Crippen LogP contribution in [-0.2, 0) is 6.42 Å². The van der Waals surface area contributed by atoms with Gasteiger partial charge < -0.3 is 9.73 Å². The van der Waals surface area contributed by atoms with Gasteiger partial charge in [0.15, 0.2) is 0 Å². The van der Waals surface area contributed by atoms with E-state index in [1.165, 1.54) is 17.7 Å². The molecule has 2 aromatic carbocycles. The van der Waals surface area contributed by atoms with Gasteiger partial charge in [-0.2, -0.15) is 0 Å². The van der Waals surface area contributed by atoms with Gasteiger partial charge in [-0.3, -0.25) is 4.79 Å². The Kier molecular flexibility index (Phi) is 5.52. The normalized spacial score (nSPS) is 10.7. The number of rotatable bonds is 6. The van der Waals surface area contributed by atoms with Gasteiger partial charge in [0.2, 0.25) is 0 Å². The molecule has 3 rings (SSSR count). The highest BCUT2D eigenvalue weighted by Gasteiger charge is 2.16. The van der Waals surface area contributed by atoms with E-state index in [1.807, 2.05) is 24.3 Å². The number of amides is 1. The summed E-state index contributed by atoms with van der Waals surface area (Å²) in [7, 11) is 0. The molecule has 0 aliphatic heterocycles. The Morgan fingerprint density at radius 2 is 1.77 bits per heavy atom. The third kappa shape index (κ3) is 4.20. The highest BCUT2D eigenvalue weighted by Crippen LogP contribution is 2.26. The molecule has 3 aromatic rings. The van der Waals surface area contributed by atoms with Gasteiger partial charge in [0.25, 0.3) is 5.91 Å². The maximum atomic E-state index is 13.1. The lowest BCUT2D eigenvalue weighted by molar-refractivity contribution is 0.102. The van der Waals surface area contributed by atoms with E-state index in [4.69, 9.17) is 4.42 Å². The Bertz CT molecular complexity index is 880. The van der Waals surface area contributed by atoms with Crippen LogP contribution < -0.4 is 5.32 Å². The minimum Gasteiger partial charge on any atom is -0.461 e. The first-order valence-electron chi connectivity index (χ1n) is 8.83. The van der Waals surface area contributed by atoms with Crippen molar-refractivity contribution < 1.29 is 13.6 Å². The van der Waals surface area contributed by atoms with Crippen LogP contribution in [0, 0.1) is 12.7 Å². The SMILES string of the molecule is CCCCc1ccc(NC(=O)c2cc(-c3ccc(F)cc3)oc2C)cc1. The first-order valence-corrected chi connectivity index (χ1v) is 8.83. The van der Waals surface area contributed by atoms with E-state index < -0.39 is 0 Å². The zero-order valence-corrected chi connectivity index (χ0v) is 15.0. The number of halogens is 1. The fourth-order valence-electron chi connectivity index (χ4n) is 2.80. The molecule has 26 heavy (non-hydrogen) atoms. The van der Waals surface area contributed by atoms with Gasteiger partial charge >= 0.3 is 0 Å². The van der Waals surface area contributed by atoms with Crippen molar-refractivity contribution in [1.82, 2.24) is 0 Å². The van der Waals surface area contributed by atoms with Gasteiger partial charge in [0.05, 0.1) is 5.56 Å². The molecular formula is C22H22FNO2. The number of furan rings is 1. The van der Waals surface area contributed by atoms with Gasteiger partial charge in [0, 0.05) is 11.3 Å². The van der Waals surface area contributed by atoms with Crippen molar-refractivity contribution in [2.24, 2.45) is 0 Å². The van der Waals surface area contributed by atoms with E-state index in [1.54, 1.807) is 25.1 Å². The molecule has 0 fully saturated rings. The summed E-state index contributed by atoms with van der Waals surface area (Å²) in [6.07, 6.45) is 3.37. The largest absolute Gasteiger partial charge is 0.461 e. The summed E-state index contributed by atoms with van der Waals surface area (Å²) < 4.78 is 18.7. The molecule has 4 heteroatoms. The minimum absolute atomic E-state index is 0.221. The second kappa shape index (κ2) is 8.00. The molecule has 0 bridgehead atoms. The van der Waals surface area contributed by atoms with Gasteiger partial charge in [-0.25, -0.2) is 4.39 Å². The van der Waals surface area contributed by atoms with E-state index in [0.29, 0.717) is 17.1 Å². The number of carbonyl (C=O) groups excluding carboxylic acids is 1. The third-order valence-electron chi connectivity index (χ3n) is 4.32. The van der Waals surface area contributed by atoms with E-state index >= 15 is 0 Å². The van der Waals surface area contributed by atoms with Crippen LogP contribution in [0.25, 0.3) is 11.3 Å². The third-order valence-corrected chi connectivity index (χ3v) is 4.32. The molecule has 0 aliphatic carbocycles. The molecule has 134 valence electrons. The van der Waals surface area contributed by atoms with Crippen molar-refractivity contribution in [3.63, 3.8) is 0 Å². The van der Waals surface area contributed by atoms with Crippen molar-refractivity contribution in [1.29, 1.82) is 0 Å². The van der Waals surface area contributed by atoms with Crippen LogP contribution in [0.4, 0.5) is 10.1 Å². The van der Waals surface area contributed by atoms with Crippen LogP contribution in [0.1, 0.15) is 41.4 Å². The molecule has 0 atom stereocenters. The topological polar surface area (TPSA) is 42.2 Å². The van der Waals surface area contributed by atoms with E-state index in [0.717, 1.165) is 30.5 Å². The molecule has 0 spiro atoms. The summed E-state index contributed by atoms with van der Waals surface area (Å²) in [5.41, 5.74) is 3.22. The molecule has 0 saturated heterocycles. The Labute approximate surface area is 152 Å². The van der Waals surface area contributed by atoms with Crippen molar-refractivity contribution >= 4 is 11.6 Å².